The second-order valence-electron chi connectivity index (χ2n) is 6.84. The molecule has 3 aromatic rings. The maximum Gasteiger partial charge on any atom is 0.326 e. The summed E-state index contributed by atoms with van der Waals surface area (Å²) in [5, 5.41) is 32.7. The van der Waals surface area contributed by atoms with Crippen molar-refractivity contribution in [3.63, 3.8) is 0 Å². The summed E-state index contributed by atoms with van der Waals surface area (Å²) in [4.78, 5) is 42.7. The highest BCUT2D eigenvalue weighted by atomic mass is 32.1. The zero-order valence-electron chi connectivity index (χ0n) is 16.2. The molecule has 6 N–H and O–H groups in total. The summed E-state index contributed by atoms with van der Waals surface area (Å²) in [5.41, 5.74) is 7.65. The van der Waals surface area contributed by atoms with Crippen LogP contribution in [0.25, 0.3) is 10.2 Å². The number of aryl methyl sites for hydroxylation is 2. The molecule has 31 heavy (non-hydrogen) atoms. The lowest BCUT2D eigenvalue weighted by Gasteiger charge is -2.13. The minimum absolute atomic E-state index is 0.0142. The molecule has 0 saturated carbocycles. The smallest absolute Gasteiger partial charge is 0.326 e. The topological polar surface area (TPSA) is 176 Å². The van der Waals surface area contributed by atoms with Crippen molar-refractivity contribution in [2.45, 2.75) is 31.7 Å². The molecule has 0 spiro atoms. The molecule has 0 saturated heterocycles. The summed E-state index contributed by atoms with van der Waals surface area (Å²) in [6, 6.07) is 5.39. The first-order chi connectivity index (χ1) is 14.7. The molecule has 0 fully saturated rings. The Kier molecular flexibility index (Phi) is 6.65. The van der Waals surface area contributed by atoms with Gasteiger partial charge in [0.2, 0.25) is 11.8 Å². The van der Waals surface area contributed by atoms with Gasteiger partial charge in [-0.05, 0) is 47.9 Å². The number of hydrogen-bond acceptors (Lipinski definition) is 8. The fourth-order valence-corrected chi connectivity index (χ4v) is 4.03. The summed E-state index contributed by atoms with van der Waals surface area (Å²) < 4.78 is 0. The normalized spacial score (nSPS) is 11.9. The first kappa shape index (κ1) is 22.0. The van der Waals surface area contributed by atoms with Crippen LogP contribution in [0.5, 0.6) is 5.88 Å². The van der Waals surface area contributed by atoms with Gasteiger partial charge >= 0.3 is 11.9 Å². The summed E-state index contributed by atoms with van der Waals surface area (Å²) in [6.45, 7) is 0. The van der Waals surface area contributed by atoms with Gasteiger partial charge < -0.3 is 26.4 Å². The number of anilines is 1. The molecule has 10 nitrogen and oxygen atoms in total. The Morgan fingerprint density at radius 3 is 2.45 bits per heavy atom. The summed E-state index contributed by atoms with van der Waals surface area (Å²) in [6.07, 6.45) is 0.683. The SMILES string of the molecule is Nc1nc(O)c2c(CCc3ccc(C(=O)N[C@@H](CCC(=O)O)C(=O)O)cc3)csc2n1. The van der Waals surface area contributed by atoms with Crippen molar-refractivity contribution in [2.24, 2.45) is 0 Å². The maximum atomic E-state index is 12.3. The van der Waals surface area contributed by atoms with Crippen LogP contribution in [0.2, 0.25) is 0 Å². The van der Waals surface area contributed by atoms with E-state index in [2.05, 4.69) is 15.3 Å². The number of carbonyl (C=O) groups is 3. The Morgan fingerprint density at radius 2 is 1.81 bits per heavy atom. The predicted octanol–water partition coefficient (Wildman–Crippen LogP) is 1.81. The highest BCUT2D eigenvalue weighted by Crippen LogP contribution is 2.32. The second kappa shape index (κ2) is 9.39. The first-order valence-corrected chi connectivity index (χ1v) is 10.2. The Morgan fingerprint density at radius 1 is 1.10 bits per heavy atom. The van der Waals surface area contributed by atoms with Crippen molar-refractivity contribution in [3.8, 4) is 5.88 Å². The third kappa shape index (κ3) is 5.45. The molecule has 0 aliphatic heterocycles. The van der Waals surface area contributed by atoms with E-state index in [1.54, 1.807) is 24.3 Å². The van der Waals surface area contributed by atoms with Crippen LogP contribution < -0.4 is 11.1 Å². The number of benzene rings is 1. The fraction of sp³-hybridized carbons (Fsp3) is 0.250. The number of fused-ring (bicyclic) bond motifs is 1. The van der Waals surface area contributed by atoms with Gasteiger partial charge in [-0.3, -0.25) is 9.59 Å². The Labute approximate surface area is 180 Å². The molecule has 0 bridgehead atoms. The van der Waals surface area contributed by atoms with Gasteiger partial charge in [-0.1, -0.05) is 12.1 Å². The number of thiophene rings is 1. The summed E-state index contributed by atoms with van der Waals surface area (Å²) >= 11 is 1.37. The lowest BCUT2D eigenvalue weighted by Crippen LogP contribution is -2.41. The van der Waals surface area contributed by atoms with Crippen LogP contribution in [0.15, 0.2) is 29.6 Å². The molecule has 0 unspecified atom stereocenters. The number of nitrogen functional groups attached to an aromatic ring is 1. The molecule has 0 radical (unpaired) electrons. The van der Waals surface area contributed by atoms with Crippen molar-refractivity contribution < 1.29 is 29.7 Å². The predicted molar refractivity (Wildman–Crippen MR) is 113 cm³/mol. The van der Waals surface area contributed by atoms with E-state index >= 15 is 0 Å². The number of nitrogens with two attached hydrogens (primary N) is 1. The highest BCUT2D eigenvalue weighted by Gasteiger charge is 2.21. The van der Waals surface area contributed by atoms with E-state index in [0.717, 1.165) is 11.1 Å². The molecule has 0 aliphatic carbocycles. The third-order valence-corrected chi connectivity index (χ3v) is 5.58. The van der Waals surface area contributed by atoms with Gasteiger partial charge in [0.05, 0.1) is 5.39 Å². The minimum Gasteiger partial charge on any atom is -0.493 e. The maximum absolute atomic E-state index is 12.3. The Bertz CT molecular complexity index is 1130. The molecule has 2 heterocycles. The van der Waals surface area contributed by atoms with E-state index in [1.807, 2.05) is 5.38 Å². The van der Waals surface area contributed by atoms with E-state index in [0.29, 0.717) is 23.1 Å². The molecule has 1 aromatic carbocycles. The van der Waals surface area contributed by atoms with E-state index < -0.39 is 23.9 Å². The second-order valence-corrected chi connectivity index (χ2v) is 7.70. The van der Waals surface area contributed by atoms with Crippen molar-refractivity contribution >= 4 is 45.3 Å². The van der Waals surface area contributed by atoms with Crippen LogP contribution in [0.1, 0.15) is 34.3 Å². The van der Waals surface area contributed by atoms with Crippen LogP contribution >= 0.6 is 11.3 Å². The third-order valence-electron chi connectivity index (χ3n) is 4.66. The fourth-order valence-electron chi connectivity index (χ4n) is 3.05. The summed E-state index contributed by atoms with van der Waals surface area (Å²) in [5.74, 6) is -3.15. The number of rotatable bonds is 9. The number of aromatic nitrogens is 2. The number of carboxylic acids is 2. The lowest BCUT2D eigenvalue weighted by atomic mass is 10.0. The van der Waals surface area contributed by atoms with Crippen molar-refractivity contribution in [2.75, 3.05) is 5.73 Å². The largest absolute Gasteiger partial charge is 0.493 e. The molecule has 11 heteroatoms. The molecule has 3 rings (SSSR count). The highest BCUT2D eigenvalue weighted by molar-refractivity contribution is 7.17. The number of carbonyl (C=O) groups excluding carboxylic acids is 1. The quantitative estimate of drug-likeness (QED) is 0.329. The van der Waals surface area contributed by atoms with Gasteiger partial charge in [-0.25, -0.2) is 9.78 Å². The number of hydrogen-bond donors (Lipinski definition) is 5. The number of nitrogens with one attached hydrogen (secondary N) is 1. The molecule has 0 aliphatic rings. The monoisotopic (exact) mass is 444 g/mol. The van der Waals surface area contributed by atoms with Crippen LogP contribution in [-0.2, 0) is 22.4 Å². The van der Waals surface area contributed by atoms with Crippen LogP contribution in [0, 0.1) is 0 Å². The van der Waals surface area contributed by atoms with Crippen LogP contribution in [0.3, 0.4) is 0 Å². The number of amides is 1. The van der Waals surface area contributed by atoms with Gasteiger partial charge in [-0.2, -0.15) is 4.98 Å². The molecule has 1 amide bonds. The zero-order valence-corrected chi connectivity index (χ0v) is 17.1. The Balaban J connectivity index is 1.63. The standard InChI is InChI=1S/C20H20N4O6S/c21-20-23-17(28)15-12(9-31-18(15)24-20)6-3-10-1-4-11(5-2-10)16(27)22-13(19(29)30)7-8-14(25)26/h1-2,4-5,9,13H,3,6-8H2,(H,22,27)(H,25,26)(H,29,30)(H3,21,23,24,28)/t13-/m0/s1. The number of carboxylic acid groups (broad SMARTS) is 2. The molecular weight excluding hydrogens is 424 g/mol. The lowest BCUT2D eigenvalue weighted by molar-refractivity contribution is -0.140. The number of aromatic hydroxyl groups is 1. The average Bonchev–Trinajstić information content (AvgIpc) is 3.12. The van der Waals surface area contributed by atoms with E-state index in [1.165, 1.54) is 11.3 Å². The van der Waals surface area contributed by atoms with Gasteiger partial charge in [0, 0.05) is 12.0 Å². The van der Waals surface area contributed by atoms with Gasteiger partial charge in [0.25, 0.3) is 5.91 Å². The van der Waals surface area contributed by atoms with E-state index in [9.17, 15) is 19.5 Å². The van der Waals surface area contributed by atoms with Crippen molar-refractivity contribution in [3.05, 3.63) is 46.3 Å². The molecule has 162 valence electrons. The molecular formula is C20H20N4O6S. The number of nitrogens with zero attached hydrogens (tertiary/aromatic N) is 2. The Hall–Kier alpha value is -3.73. The van der Waals surface area contributed by atoms with Crippen LogP contribution in [0.4, 0.5) is 5.95 Å². The van der Waals surface area contributed by atoms with E-state index in [-0.39, 0.29) is 30.2 Å². The van der Waals surface area contributed by atoms with Gasteiger partial charge in [0.15, 0.2) is 0 Å². The van der Waals surface area contributed by atoms with E-state index in [4.69, 9.17) is 15.9 Å². The minimum atomic E-state index is -1.29. The first-order valence-electron chi connectivity index (χ1n) is 9.31. The van der Waals surface area contributed by atoms with Gasteiger partial charge in [0.1, 0.15) is 10.9 Å². The van der Waals surface area contributed by atoms with Gasteiger partial charge in [-0.15, -0.1) is 11.3 Å². The summed E-state index contributed by atoms with van der Waals surface area (Å²) in [7, 11) is 0. The number of aliphatic carboxylic acids is 2. The van der Waals surface area contributed by atoms with Crippen molar-refractivity contribution in [1.82, 2.24) is 15.3 Å². The molecule has 1 atom stereocenters. The molecule has 2 aromatic heterocycles. The van der Waals surface area contributed by atoms with Crippen molar-refractivity contribution in [1.29, 1.82) is 0 Å². The zero-order chi connectivity index (χ0) is 22.5. The average molecular weight is 444 g/mol. The van der Waals surface area contributed by atoms with Crippen LogP contribution in [-0.4, -0.2) is 49.2 Å².